The number of nitrogens with one attached hydrogen (secondary N) is 2. The van der Waals surface area contributed by atoms with Crippen molar-refractivity contribution in [3.8, 4) is 5.75 Å². The van der Waals surface area contributed by atoms with Gasteiger partial charge in [-0.05, 0) is 50.6 Å². The molecule has 0 spiro atoms. The fourth-order valence-electron chi connectivity index (χ4n) is 6.84. The van der Waals surface area contributed by atoms with Gasteiger partial charge in [-0.15, -0.1) is 5.48 Å². The summed E-state index contributed by atoms with van der Waals surface area (Å²) >= 11 is 0. The predicted molar refractivity (Wildman–Crippen MR) is 140 cm³/mol. The minimum absolute atomic E-state index is 0.000513. The van der Waals surface area contributed by atoms with Crippen molar-refractivity contribution in [3.05, 3.63) is 35.1 Å². The molecular weight excluding hydrogens is 522 g/mol. The Kier molecular flexibility index (Phi) is 6.81. The number of hydrogen-bond acceptors (Lipinski definition) is 12. The summed E-state index contributed by atoms with van der Waals surface area (Å²) in [6, 6.07) is 0.627. The first-order valence-corrected chi connectivity index (χ1v) is 13.0. The standard InChI is InChI=1S/C27H33N5O8/c1-31(2)15-9-12(10-29-16-5-6-40-30-16)21(33)18-13(15)7-11-8-14-20(32(3)4)23(35)19(26(28)38)25(37)27(14,39)24(36)17(11)22(18)34/h5-6,9,11,14,16-17,19-20,29-30,33,39H,7-8,10H2,1-4H3,(H2,28,38)/t11-,14-,16?,17?,19?,20-,27-/m0/s1. The van der Waals surface area contributed by atoms with E-state index in [1.165, 1.54) is 11.2 Å². The van der Waals surface area contributed by atoms with Gasteiger partial charge < -0.3 is 25.7 Å². The molecule has 2 saturated carbocycles. The Morgan fingerprint density at radius 2 is 1.90 bits per heavy atom. The number of aliphatic hydroxyl groups is 1. The summed E-state index contributed by atoms with van der Waals surface area (Å²) in [6.07, 6.45) is 3.06. The van der Waals surface area contributed by atoms with Crippen molar-refractivity contribution >= 4 is 34.7 Å². The van der Waals surface area contributed by atoms with Crippen molar-refractivity contribution in [2.75, 3.05) is 33.1 Å². The van der Waals surface area contributed by atoms with Crippen LogP contribution >= 0.6 is 0 Å². The summed E-state index contributed by atoms with van der Waals surface area (Å²) in [4.78, 5) is 75.0. The fraction of sp³-hybridized carbons (Fsp3) is 0.519. The Hall–Kier alpha value is -3.65. The molecule has 6 N–H and O–H groups in total. The van der Waals surface area contributed by atoms with E-state index < -0.39 is 64.4 Å². The highest BCUT2D eigenvalue weighted by Crippen LogP contribution is 2.52. The molecule has 1 heterocycles. The Bertz CT molecular complexity index is 1360. The summed E-state index contributed by atoms with van der Waals surface area (Å²) in [7, 11) is 6.70. The molecule has 1 aliphatic heterocycles. The van der Waals surface area contributed by atoms with Crippen LogP contribution in [0.3, 0.4) is 0 Å². The van der Waals surface area contributed by atoms with E-state index in [1.54, 1.807) is 45.2 Å². The summed E-state index contributed by atoms with van der Waals surface area (Å²) in [5.74, 6) is -10.7. The number of aromatic hydroxyl groups is 1. The Balaban J connectivity index is 1.60. The number of primary amides is 1. The highest BCUT2D eigenvalue weighted by atomic mass is 16.6. The molecule has 0 radical (unpaired) electrons. The number of hydrogen-bond donors (Lipinski definition) is 5. The molecule has 0 saturated heterocycles. The van der Waals surface area contributed by atoms with Gasteiger partial charge in [0, 0.05) is 37.8 Å². The van der Waals surface area contributed by atoms with Crippen LogP contribution in [0.5, 0.6) is 5.75 Å². The van der Waals surface area contributed by atoms with Gasteiger partial charge in [0.25, 0.3) is 0 Å². The molecule has 3 aliphatic carbocycles. The monoisotopic (exact) mass is 555 g/mol. The van der Waals surface area contributed by atoms with E-state index in [0.29, 0.717) is 16.8 Å². The van der Waals surface area contributed by atoms with Gasteiger partial charge in [-0.25, -0.2) is 0 Å². The van der Waals surface area contributed by atoms with Crippen LogP contribution in [-0.2, 0) is 37.0 Å². The van der Waals surface area contributed by atoms with Crippen LogP contribution in [0, 0.1) is 23.7 Å². The number of ketones is 4. The second kappa shape index (κ2) is 9.77. The van der Waals surface area contributed by atoms with E-state index in [0.717, 1.165) is 0 Å². The summed E-state index contributed by atoms with van der Waals surface area (Å²) < 4.78 is 0. The number of nitrogens with two attached hydrogens (primary N) is 1. The lowest BCUT2D eigenvalue weighted by Crippen LogP contribution is -2.74. The first-order chi connectivity index (χ1) is 18.8. The van der Waals surface area contributed by atoms with Crippen LogP contribution < -0.4 is 21.4 Å². The number of rotatable bonds is 6. The van der Waals surface area contributed by atoms with Crippen LogP contribution in [-0.4, -0.2) is 90.2 Å². The number of nitrogens with zero attached hydrogens (tertiary/aromatic N) is 2. The molecule has 2 fully saturated rings. The zero-order valence-corrected chi connectivity index (χ0v) is 22.6. The Morgan fingerprint density at radius 1 is 1.20 bits per heavy atom. The molecule has 1 aromatic rings. The lowest BCUT2D eigenvalue weighted by molar-refractivity contribution is -0.181. The third-order valence-electron chi connectivity index (χ3n) is 8.65. The first-order valence-electron chi connectivity index (χ1n) is 13.0. The zero-order valence-electron chi connectivity index (χ0n) is 22.6. The van der Waals surface area contributed by atoms with Crippen molar-refractivity contribution in [1.29, 1.82) is 0 Å². The summed E-state index contributed by atoms with van der Waals surface area (Å²) in [6.45, 7) is 0.151. The van der Waals surface area contributed by atoms with E-state index in [2.05, 4.69) is 10.8 Å². The second-order valence-electron chi connectivity index (χ2n) is 11.4. The molecule has 0 aromatic heterocycles. The summed E-state index contributed by atoms with van der Waals surface area (Å²) in [5, 5.41) is 26.1. The smallest absolute Gasteiger partial charge is 0.235 e. The molecule has 1 amide bonds. The topological polar surface area (TPSA) is 192 Å². The second-order valence-corrected chi connectivity index (χ2v) is 11.4. The van der Waals surface area contributed by atoms with E-state index >= 15 is 0 Å². The number of hydroxylamine groups is 1. The molecule has 4 aliphatic rings. The average Bonchev–Trinajstić information content (AvgIpc) is 3.39. The third-order valence-corrected chi connectivity index (χ3v) is 8.65. The van der Waals surface area contributed by atoms with Crippen molar-refractivity contribution in [1.82, 2.24) is 15.7 Å². The van der Waals surface area contributed by atoms with Gasteiger partial charge in [-0.2, -0.15) is 0 Å². The molecule has 7 atom stereocenters. The average molecular weight is 556 g/mol. The van der Waals surface area contributed by atoms with Crippen LogP contribution in [0.25, 0.3) is 0 Å². The molecule has 1 aromatic carbocycles. The van der Waals surface area contributed by atoms with Crippen molar-refractivity contribution in [2.45, 2.75) is 37.2 Å². The van der Waals surface area contributed by atoms with E-state index in [1.807, 2.05) is 0 Å². The number of Topliss-reactive ketones (excluding diaryl/α,β-unsaturated/α-hetero) is 4. The normalized spacial score (nSPS) is 33.0. The van der Waals surface area contributed by atoms with Crippen LogP contribution in [0.4, 0.5) is 5.69 Å². The lowest BCUT2D eigenvalue weighted by Gasteiger charge is -2.52. The minimum Gasteiger partial charge on any atom is -0.507 e. The molecule has 3 unspecified atom stereocenters. The largest absolute Gasteiger partial charge is 0.507 e. The third kappa shape index (κ3) is 3.95. The molecule has 13 heteroatoms. The lowest BCUT2D eigenvalue weighted by atomic mass is 9.52. The number of benzene rings is 1. The number of phenolic OH excluding ortho intramolecular Hbond substituents is 1. The van der Waals surface area contributed by atoms with Crippen LogP contribution in [0.2, 0.25) is 0 Å². The van der Waals surface area contributed by atoms with Gasteiger partial charge in [0.2, 0.25) is 5.91 Å². The number of amides is 1. The van der Waals surface area contributed by atoms with Gasteiger partial charge in [0.15, 0.2) is 34.7 Å². The highest BCUT2D eigenvalue weighted by molar-refractivity contribution is 6.32. The molecular formula is C27H33N5O8. The number of carbonyl (C=O) groups is 5. The number of carbonyl (C=O) groups excluding carboxylic acids is 5. The van der Waals surface area contributed by atoms with Gasteiger partial charge in [-0.3, -0.25) is 34.2 Å². The maximum absolute atomic E-state index is 14.0. The molecule has 5 rings (SSSR count). The fourth-order valence-corrected chi connectivity index (χ4v) is 6.84. The molecule has 13 nitrogen and oxygen atoms in total. The molecule has 214 valence electrons. The van der Waals surface area contributed by atoms with Crippen LogP contribution in [0.15, 0.2) is 18.4 Å². The highest BCUT2D eigenvalue weighted by Gasteiger charge is 2.69. The van der Waals surface area contributed by atoms with Gasteiger partial charge in [-0.1, -0.05) is 0 Å². The number of fused-ring (bicyclic) bond motifs is 3. The van der Waals surface area contributed by atoms with Gasteiger partial charge in [0.1, 0.15) is 18.2 Å². The van der Waals surface area contributed by atoms with Gasteiger partial charge in [0.05, 0.1) is 17.5 Å². The minimum atomic E-state index is -2.75. The molecule has 40 heavy (non-hydrogen) atoms. The number of anilines is 1. The van der Waals surface area contributed by atoms with Crippen molar-refractivity contribution < 1.29 is 39.0 Å². The molecule has 0 bridgehead atoms. The van der Waals surface area contributed by atoms with Gasteiger partial charge >= 0.3 is 0 Å². The van der Waals surface area contributed by atoms with E-state index in [-0.39, 0.29) is 36.9 Å². The predicted octanol–water partition coefficient (Wildman–Crippen LogP) is -1.60. The van der Waals surface area contributed by atoms with E-state index in [4.69, 9.17) is 10.6 Å². The van der Waals surface area contributed by atoms with E-state index in [9.17, 15) is 34.2 Å². The maximum atomic E-state index is 14.0. The van der Waals surface area contributed by atoms with Crippen molar-refractivity contribution in [3.63, 3.8) is 0 Å². The summed E-state index contributed by atoms with van der Waals surface area (Å²) in [5.41, 5.74) is 6.90. The first kappa shape index (κ1) is 27.9. The number of likely N-dealkylation sites (N-methyl/N-ethyl adjacent to an activating group) is 1. The zero-order chi connectivity index (χ0) is 29.3. The Morgan fingerprint density at radius 3 is 2.48 bits per heavy atom. The van der Waals surface area contributed by atoms with Crippen molar-refractivity contribution in [2.24, 2.45) is 29.4 Å². The maximum Gasteiger partial charge on any atom is 0.235 e. The van der Waals surface area contributed by atoms with Crippen LogP contribution in [0.1, 0.15) is 27.9 Å². The quantitative estimate of drug-likeness (QED) is 0.253. The Labute approximate surface area is 230 Å². The SMILES string of the molecule is CN(C)c1cc(CNC2C=CON2)c(O)c2c1C[C@H]1C[C@H]3[C@H](N(C)C)C(=O)C(C(N)=O)C(=O)[C@@]3(O)C(=O)C1C2=O. The number of phenols is 1.